The Morgan fingerprint density at radius 3 is 2.93 bits per heavy atom. The van der Waals surface area contributed by atoms with Crippen LogP contribution in [0.3, 0.4) is 0 Å². The van der Waals surface area contributed by atoms with Crippen LogP contribution in [0.1, 0.15) is 10.4 Å². The van der Waals surface area contributed by atoms with E-state index in [1.54, 1.807) is 17.0 Å². The summed E-state index contributed by atoms with van der Waals surface area (Å²) in [6, 6.07) is 3.40. The Kier molecular flexibility index (Phi) is 2.03. The standard InChI is InChI=1S/C9H7BrN2O2/c1-12-4-11-8-6(9(13)14)2-5(10)3-7(8)12/h2-4H,1H3,(H,13,14). The van der Waals surface area contributed by atoms with Crippen LogP contribution >= 0.6 is 15.9 Å². The molecule has 2 rings (SSSR count). The second-order valence-corrected chi connectivity index (χ2v) is 3.90. The molecule has 1 heterocycles. The Labute approximate surface area is 88.3 Å². The first-order chi connectivity index (χ1) is 6.59. The molecule has 0 bridgehead atoms. The van der Waals surface area contributed by atoms with Gasteiger partial charge in [0.25, 0.3) is 0 Å². The molecule has 0 aliphatic carbocycles. The Morgan fingerprint density at radius 2 is 2.29 bits per heavy atom. The number of hydrogen-bond donors (Lipinski definition) is 1. The highest BCUT2D eigenvalue weighted by Crippen LogP contribution is 2.22. The molecule has 1 aromatic carbocycles. The number of imidazole rings is 1. The topological polar surface area (TPSA) is 55.1 Å². The molecule has 4 nitrogen and oxygen atoms in total. The smallest absolute Gasteiger partial charge is 0.338 e. The van der Waals surface area contributed by atoms with Crippen LogP contribution in [0.25, 0.3) is 11.0 Å². The van der Waals surface area contributed by atoms with Gasteiger partial charge < -0.3 is 9.67 Å². The Balaban J connectivity index is 2.88. The molecular formula is C9H7BrN2O2. The van der Waals surface area contributed by atoms with Crippen molar-refractivity contribution in [3.8, 4) is 0 Å². The van der Waals surface area contributed by atoms with Crippen LogP contribution in [0.5, 0.6) is 0 Å². The number of halogens is 1. The van der Waals surface area contributed by atoms with Gasteiger partial charge in [-0.1, -0.05) is 15.9 Å². The van der Waals surface area contributed by atoms with Crippen LogP contribution in [-0.2, 0) is 7.05 Å². The van der Waals surface area contributed by atoms with Crippen LogP contribution < -0.4 is 0 Å². The number of hydrogen-bond acceptors (Lipinski definition) is 2. The van der Waals surface area contributed by atoms with Gasteiger partial charge in [0, 0.05) is 11.5 Å². The van der Waals surface area contributed by atoms with Gasteiger partial charge in [0.05, 0.1) is 17.4 Å². The van der Waals surface area contributed by atoms with Crippen molar-refractivity contribution in [2.24, 2.45) is 7.05 Å². The van der Waals surface area contributed by atoms with Gasteiger partial charge in [0.15, 0.2) is 0 Å². The number of fused-ring (bicyclic) bond motifs is 1. The van der Waals surface area contributed by atoms with E-state index >= 15 is 0 Å². The molecule has 2 aromatic rings. The maximum Gasteiger partial charge on any atom is 0.338 e. The molecule has 0 aliphatic heterocycles. The first-order valence-corrected chi connectivity index (χ1v) is 4.73. The first kappa shape index (κ1) is 9.21. The van der Waals surface area contributed by atoms with E-state index in [4.69, 9.17) is 5.11 Å². The molecule has 0 unspecified atom stereocenters. The Hall–Kier alpha value is -1.36. The molecule has 0 atom stereocenters. The summed E-state index contributed by atoms with van der Waals surface area (Å²) in [5.41, 5.74) is 1.54. The fourth-order valence-corrected chi connectivity index (χ4v) is 1.80. The van der Waals surface area contributed by atoms with Gasteiger partial charge in [-0.3, -0.25) is 0 Å². The van der Waals surface area contributed by atoms with Gasteiger partial charge in [-0.2, -0.15) is 0 Å². The van der Waals surface area contributed by atoms with Crippen molar-refractivity contribution >= 4 is 32.9 Å². The SMILES string of the molecule is Cn1cnc2c(C(=O)O)cc(Br)cc21. The number of aryl methyl sites for hydroxylation is 1. The lowest BCUT2D eigenvalue weighted by atomic mass is 10.2. The third-order valence-electron chi connectivity index (χ3n) is 2.03. The molecule has 72 valence electrons. The number of benzene rings is 1. The van der Waals surface area contributed by atoms with Gasteiger partial charge in [-0.25, -0.2) is 9.78 Å². The van der Waals surface area contributed by atoms with Gasteiger partial charge in [-0.15, -0.1) is 0 Å². The summed E-state index contributed by atoms with van der Waals surface area (Å²) in [4.78, 5) is 14.9. The molecule has 0 fully saturated rings. The van der Waals surface area contributed by atoms with Crippen molar-refractivity contribution in [2.45, 2.75) is 0 Å². The number of carbonyl (C=O) groups is 1. The molecule has 0 amide bonds. The van der Waals surface area contributed by atoms with Crippen LogP contribution in [0, 0.1) is 0 Å². The summed E-state index contributed by atoms with van der Waals surface area (Å²) in [5, 5.41) is 8.95. The second kappa shape index (κ2) is 3.09. The fourth-order valence-electron chi connectivity index (χ4n) is 1.36. The average Bonchev–Trinajstić information content (AvgIpc) is 2.47. The summed E-state index contributed by atoms with van der Waals surface area (Å²) >= 11 is 3.27. The van der Waals surface area contributed by atoms with Crippen molar-refractivity contribution in [2.75, 3.05) is 0 Å². The molecule has 5 heteroatoms. The van der Waals surface area contributed by atoms with E-state index in [0.29, 0.717) is 5.52 Å². The van der Waals surface area contributed by atoms with E-state index in [-0.39, 0.29) is 5.56 Å². The predicted molar refractivity (Wildman–Crippen MR) is 55.4 cm³/mol. The highest BCUT2D eigenvalue weighted by molar-refractivity contribution is 9.10. The van der Waals surface area contributed by atoms with Gasteiger partial charge in [0.2, 0.25) is 0 Å². The summed E-state index contributed by atoms with van der Waals surface area (Å²) < 4.78 is 2.53. The molecule has 0 aliphatic rings. The predicted octanol–water partition coefficient (Wildman–Crippen LogP) is 2.03. The van der Waals surface area contributed by atoms with Gasteiger partial charge in [-0.05, 0) is 12.1 Å². The summed E-state index contributed by atoms with van der Waals surface area (Å²) in [5.74, 6) is -0.963. The van der Waals surface area contributed by atoms with E-state index in [0.717, 1.165) is 9.99 Å². The molecule has 0 spiro atoms. The zero-order valence-electron chi connectivity index (χ0n) is 7.36. The number of aromatic carboxylic acids is 1. The van der Waals surface area contributed by atoms with Crippen molar-refractivity contribution in [3.63, 3.8) is 0 Å². The molecule has 1 aromatic heterocycles. The number of rotatable bonds is 1. The van der Waals surface area contributed by atoms with E-state index in [1.165, 1.54) is 0 Å². The minimum absolute atomic E-state index is 0.218. The zero-order valence-corrected chi connectivity index (χ0v) is 8.95. The largest absolute Gasteiger partial charge is 0.478 e. The quantitative estimate of drug-likeness (QED) is 0.848. The van der Waals surface area contributed by atoms with Crippen LogP contribution in [0.2, 0.25) is 0 Å². The van der Waals surface area contributed by atoms with Crippen molar-refractivity contribution in [3.05, 3.63) is 28.5 Å². The highest BCUT2D eigenvalue weighted by atomic mass is 79.9. The van der Waals surface area contributed by atoms with Crippen LogP contribution in [-0.4, -0.2) is 20.6 Å². The lowest BCUT2D eigenvalue weighted by Crippen LogP contribution is -1.98. The van der Waals surface area contributed by atoms with Gasteiger partial charge in [0.1, 0.15) is 5.52 Å². The lowest BCUT2D eigenvalue weighted by Gasteiger charge is -1.99. The van der Waals surface area contributed by atoms with E-state index < -0.39 is 5.97 Å². The van der Waals surface area contributed by atoms with E-state index in [1.807, 2.05) is 13.1 Å². The summed E-state index contributed by atoms with van der Waals surface area (Å²) in [6.45, 7) is 0. The average molecular weight is 255 g/mol. The number of carboxylic acid groups (broad SMARTS) is 1. The molecule has 0 saturated carbocycles. The molecule has 1 N–H and O–H groups in total. The summed E-state index contributed by atoms with van der Waals surface area (Å²) in [7, 11) is 1.83. The molecule has 0 saturated heterocycles. The molecule has 0 radical (unpaired) electrons. The lowest BCUT2D eigenvalue weighted by molar-refractivity contribution is 0.0699. The third kappa shape index (κ3) is 1.29. The van der Waals surface area contributed by atoms with E-state index in [9.17, 15) is 4.79 Å². The number of nitrogens with zero attached hydrogens (tertiary/aromatic N) is 2. The minimum atomic E-state index is -0.963. The van der Waals surface area contributed by atoms with Gasteiger partial charge >= 0.3 is 5.97 Å². The maximum atomic E-state index is 10.9. The molecule has 14 heavy (non-hydrogen) atoms. The Morgan fingerprint density at radius 1 is 1.57 bits per heavy atom. The number of aromatic nitrogens is 2. The van der Waals surface area contributed by atoms with Crippen LogP contribution in [0.4, 0.5) is 0 Å². The van der Waals surface area contributed by atoms with E-state index in [2.05, 4.69) is 20.9 Å². The Bertz CT molecular complexity index is 519. The van der Waals surface area contributed by atoms with Crippen molar-refractivity contribution < 1.29 is 9.90 Å². The fraction of sp³-hybridized carbons (Fsp3) is 0.111. The monoisotopic (exact) mass is 254 g/mol. The normalized spacial score (nSPS) is 10.7. The minimum Gasteiger partial charge on any atom is -0.478 e. The maximum absolute atomic E-state index is 10.9. The number of carboxylic acids is 1. The highest BCUT2D eigenvalue weighted by Gasteiger charge is 2.12. The second-order valence-electron chi connectivity index (χ2n) is 2.98. The first-order valence-electron chi connectivity index (χ1n) is 3.93. The molecular weight excluding hydrogens is 248 g/mol. The van der Waals surface area contributed by atoms with Crippen molar-refractivity contribution in [1.29, 1.82) is 0 Å². The zero-order chi connectivity index (χ0) is 10.3. The van der Waals surface area contributed by atoms with Crippen molar-refractivity contribution in [1.82, 2.24) is 9.55 Å². The third-order valence-corrected chi connectivity index (χ3v) is 2.48. The van der Waals surface area contributed by atoms with Crippen LogP contribution in [0.15, 0.2) is 22.9 Å². The summed E-state index contributed by atoms with van der Waals surface area (Å²) in [6.07, 6.45) is 1.60.